The quantitative estimate of drug-likeness (QED) is 0.449. The molecule has 32 heavy (non-hydrogen) atoms. The van der Waals surface area contributed by atoms with Gasteiger partial charge >= 0.3 is 5.97 Å². The molecule has 0 amide bonds. The number of hydrogen-bond donors (Lipinski definition) is 1. The zero-order valence-corrected chi connectivity index (χ0v) is 19.1. The summed E-state index contributed by atoms with van der Waals surface area (Å²) in [6.07, 6.45) is 4.30. The minimum Gasteiger partial charge on any atom is -0.480 e. The highest BCUT2D eigenvalue weighted by Crippen LogP contribution is 2.39. The van der Waals surface area contributed by atoms with E-state index < -0.39 is 5.97 Å². The predicted octanol–water partition coefficient (Wildman–Crippen LogP) is 6.09. The van der Waals surface area contributed by atoms with Gasteiger partial charge in [0.1, 0.15) is 6.61 Å². The number of ether oxygens (including phenoxy) is 1. The number of halogens is 1. The average Bonchev–Trinajstić information content (AvgIpc) is 3.11. The van der Waals surface area contributed by atoms with E-state index in [1.165, 1.54) is 0 Å². The van der Waals surface area contributed by atoms with E-state index in [2.05, 4.69) is 41.9 Å². The second kappa shape index (κ2) is 10.3. The number of aliphatic carboxylic acids is 1. The van der Waals surface area contributed by atoms with Crippen LogP contribution in [0.1, 0.15) is 31.4 Å². The molecule has 0 radical (unpaired) electrons. The fourth-order valence-corrected chi connectivity index (χ4v) is 4.96. The number of hydrogen-bond acceptors (Lipinski definition) is 3. The topological polar surface area (TPSA) is 64.4 Å². The molecule has 3 aromatic rings. The van der Waals surface area contributed by atoms with E-state index in [1.54, 1.807) is 0 Å². The van der Waals surface area contributed by atoms with Gasteiger partial charge in [-0.3, -0.25) is 4.68 Å². The van der Waals surface area contributed by atoms with Gasteiger partial charge in [0.2, 0.25) is 0 Å². The summed E-state index contributed by atoms with van der Waals surface area (Å²) in [5, 5.41) is 14.4. The van der Waals surface area contributed by atoms with Crippen molar-refractivity contribution in [2.24, 2.45) is 11.8 Å². The highest BCUT2D eigenvalue weighted by molar-refractivity contribution is 6.33. The Morgan fingerprint density at radius 2 is 1.72 bits per heavy atom. The standard InChI is InChI=1S/C26H29ClN2O3/c1-18-25(22-9-5-6-10-23(22)27)26(21-7-3-2-4-8-21)29(28-18)15-19-11-13-20(14-12-19)16-32-17-24(30)31/h2-10,19-20H,11-17H2,1H3,(H,30,31)/t19-,20+. The van der Waals surface area contributed by atoms with Crippen LogP contribution in [0.3, 0.4) is 0 Å². The Labute approximate surface area is 194 Å². The van der Waals surface area contributed by atoms with E-state index in [9.17, 15) is 4.79 Å². The Hall–Kier alpha value is -2.63. The summed E-state index contributed by atoms with van der Waals surface area (Å²) in [4.78, 5) is 10.7. The Morgan fingerprint density at radius 3 is 2.41 bits per heavy atom. The molecule has 168 valence electrons. The smallest absolute Gasteiger partial charge is 0.329 e. The second-order valence-electron chi connectivity index (χ2n) is 8.63. The van der Waals surface area contributed by atoms with Crippen LogP contribution in [-0.2, 0) is 16.1 Å². The van der Waals surface area contributed by atoms with Crippen LogP contribution in [0.5, 0.6) is 0 Å². The maximum Gasteiger partial charge on any atom is 0.329 e. The van der Waals surface area contributed by atoms with Gasteiger partial charge < -0.3 is 9.84 Å². The average molecular weight is 453 g/mol. The van der Waals surface area contributed by atoms with Crippen molar-refractivity contribution in [3.8, 4) is 22.4 Å². The lowest BCUT2D eigenvalue weighted by atomic mass is 9.82. The number of aryl methyl sites for hydroxylation is 1. The summed E-state index contributed by atoms with van der Waals surface area (Å²) >= 11 is 6.58. The van der Waals surface area contributed by atoms with E-state index in [1.807, 2.05) is 24.3 Å². The fraction of sp³-hybridized carbons (Fsp3) is 0.385. The van der Waals surface area contributed by atoms with E-state index in [0.717, 1.165) is 65.3 Å². The highest BCUT2D eigenvalue weighted by Gasteiger charge is 2.25. The fourth-order valence-electron chi connectivity index (χ4n) is 4.73. The molecule has 1 aliphatic rings. The molecule has 1 saturated carbocycles. The zero-order chi connectivity index (χ0) is 22.5. The summed E-state index contributed by atoms with van der Waals surface area (Å²) < 4.78 is 7.48. The molecule has 0 aliphatic heterocycles. The lowest BCUT2D eigenvalue weighted by Gasteiger charge is -2.28. The van der Waals surface area contributed by atoms with Gasteiger partial charge in [0.05, 0.1) is 18.0 Å². The van der Waals surface area contributed by atoms with Gasteiger partial charge in [-0.15, -0.1) is 0 Å². The third-order valence-corrected chi connectivity index (χ3v) is 6.62. The highest BCUT2D eigenvalue weighted by atomic mass is 35.5. The Balaban J connectivity index is 1.56. The SMILES string of the molecule is Cc1nn(C[C@H]2CC[C@@H](COCC(=O)O)CC2)c(-c2ccccc2)c1-c1ccccc1Cl. The van der Waals surface area contributed by atoms with Gasteiger partial charge in [0, 0.05) is 28.3 Å². The monoisotopic (exact) mass is 452 g/mol. The Kier molecular flexibility index (Phi) is 7.28. The van der Waals surface area contributed by atoms with E-state index >= 15 is 0 Å². The van der Waals surface area contributed by atoms with Gasteiger partial charge in [-0.1, -0.05) is 60.1 Å². The molecule has 6 heteroatoms. The maximum absolute atomic E-state index is 10.7. The molecule has 5 nitrogen and oxygen atoms in total. The molecule has 0 spiro atoms. The maximum atomic E-state index is 10.7. The first-order valence-corrected chi connectivity index (χ1v) is 11.6. The van der Waals surface area contributed by atoms with Crippen molar-refractivity contribution in [3.05, 3.63) is 65.3 Å². The van der Waals surface area contributed by atoms with Crippen molar-refractivity contribution in [1.29, 1.82) is 0 Å². The lowest BCUT2D eigenvalue weighted by molar-refractivity contribution is -0.142. The largest absolute Gasteiger partial charge is 0.480 e. The number of carbonyl (C=O) groups is 1. The van der Waals surface area contributed by atoms with Crippen molar-refractivity contribution in [3.63, 3.8) is 0 Å². The first-order valence-electron chi connectivity index (χ1n) is 11.2. The summed E-state index contributed by atoms with van der Waals surface area (Å²) in [6, 6.07) is 18.4. The summed E-state index contributed by atoms with van der Waals surface area (Å²) in [6.45, 7) is 3.24. The van der Waals surface area contributed by atoms with Crippen molar-refractivity contribution in [1.82, 2.24) is 9.78 Å². The number of nitrogens with zero attached hydrogens (tertiary/aromatic N) is 2. The van der Waals surface area contributed by atoms with Crippen LogP contribution in [0.25, 0.3) is 22.4 Å². The molecule has 0 atom stereocenters. The number of aromatic nitrogens is 2. The molecule has 1 aliphatic carbocycles. The molecule has 1 heterocycles. The van der Waals surface area contributed by atoms with Crippen molar-refractivity contribution < 1.29 is 14.6 Å². The van der Waals surface area contributed by atoms with Crippen molar-refractivity contribution >= 4 is 17.6 Å². The third kappa shape index (κ3) is 5.22. The van der Waals surface area contributed by atoms with Crippen molar-refractivity contribution in [2.45, 2.75) is 39.2 Å². The van der Waals surface area contributed by atoms with Crippen LogP contribution in [0.4, 0.5) is 0 Å². The third-order valence-electron chi connectivity index (χ3n) is 6.29. The summed E-state index contributed by atoms with van der Waals surface area (Å²) in [7, 11) is 0. The number of rotatable bonds is 8. The van der Waals surface area contributed by atoms with E-state index in [4.69, 9.17) is 26.5 Å². The van der Waals surface area contributed by atoms with Gasteiger partial charge in [0.15, 0.2) is 0 Å². The van der Waals surface area contributed by atoms with Crippen LogP contribution < -0.4 is 0 Å². The van der Waals surface area contributed by atoms with Gasteiger partial charge in [-0.25, -0.2) is 4.79 Å². The van der Waals surface area contributed by atoms with Crippen LogP contribution in [0.15, 0.2) is 54.6 Å². The van der Waals surface area contributed by atoms with E-state index in [0.29, 0.717) is 18.4 Å². The van der Waals surface area contributed by atoms with Gasteiger partial charge in [-0.05, 0) is 50.5 Å². The van der Waals surface area contributed by atoms with Crippen LogP contribution in [0.2, 0.25) is 5.02 Å². The molecular weight excluding hydrogens is 424 g/mol. The van der Waals surface area contributed by atoms with Crippen LogP contribution >= 0.6 is 11.6 Å². The van der Waals surface area contributed by atoms with Gasteiger partial charge in [-0.2, -0.15) is 5.10 Å². The van der Waals surface area contributed by atoms with Gasteiger partial charge in [0.25, 0.3) is 0 Å². The molecule has 1 fully saturated rings. The minimum atomic E-state index is -0.907. The van der Waals surface area contributed by atoms with E-state index in [-0.39, 0.29) is 6.61 Å². The van der Waals surface area contributed by atoms with Crippen LogP contribution in [0, 0.1) is 18.8 Å². The summed E-state index contributed by atoms with van der Waals surface area (Å²) in [5.74, 6) is 0.0688. The number of benzene rings is 2. The number of carboxylic acid groups (broad SMARTS) is 1. The first kappa shape index (κ1) is 22.6. The lowest BCUT2D eigenvalue weighted by Crippen LogP contribution is -2.23. The Morgan fingerprint density at radius 1 is 1.06 bits per heavy atom. The number of carboxylic acids is 1. The first-order chi connectivity index (χ1) is 15.5. The summed E-state index contributed by atoms with van der Waals surface area (Å²) in [5.41, 5.74) is 5.34. The van der Waals surface area contributed by atoms with Crippen LogP contribution in [-0.4, -0.2) is 34.1 Å². The molecular formula is C26H29ClN2O3. The molecule has 2 aromatic carbocycles. The minimum absolute atomic E-state index is 0.211. The molecule has 0 saturated heterocycles. The second-order valence-corrected chi connectivity index (χ2v) is 9.04. The molecule has 1 aromatic heterocycles. The molecule has 1 N–H and O–H groups in total. The normalized spacial score (nSPS) is 18.6. The van der Waals surface area contributed by atoms with Crippen molar-refractivity contribution in [2.75, 3.05) is 13.2 Å². The molecule has 0 bridgehead atoms. The molecule has 0 unspecified atom stereocenters. The zero-order valence-electron chi connectivity index (χ0n) is 18.3. The Bertz CT molecular complexity index is 1060. The molecule has 4 rings (SSSR count). The predicted molar refractivity (Wildman–Crippen MR) is 127 cm³/mol.